The molecule has 0 rings (SSSR count). The summed E-state index contributed by atoms with van der Waals surface area (Å²) in [7, 11) is 0. The van der Waals surface area contributed by atoms with Crippen molar-refractivity contribution in [1.82, 2.24) is 0 Å². The van der Waals surface area contributed by atoms with Gasteiger partial charge in [0.05, 0.1) is 0 Å². The standard InChI is InChI=1S/C10H20OS/c1-2-3-4-5-6-9-12-10-7-8-11/h8H,2-7,9-10H2,1H3. The van der Waals surface area contributed by atoms with Crippen molar-refractivity contribution in [3.8, 4) is 0 Å². The van der Waals surface area contributed by atoms with E-state index in [-0.39, 0.29) is 0 Å². The van der Waals surface area contributed by atoms with E-state index in [0.29, 0.717) is 0 Å². The third-order valence-electron chi connectivity index (χ3n) is 1.77. The maximum atomic E-state index is 9.97. The zero-order valence-electron chi connectivity index (χ0n) is 8.05. The molecule has 0 N–H and O–H groups in total. The van der Waals surface area contributed by atoms with Crippen LogP contribution in [-0.4, -0.2) is 17.8 Å². The number of aldehydes is 1. The molecule has 0 saturated carbocycles. The molecule has 0 radical (unpaired) electrons. The number of carbonyl (C=O) groups excluding carboxylic acids is 1. The average molecular weight is 188 g/mol. The molecule has 0 unspecified atom stereocenters. The van der Waals surface area contributed by atoms with E-state index in [9.17, 15) is 4.79 Å². The molecule has 0 aliphatic heterocycles. The summed E-state index contributed by atoms with van der Waals surface area (Å²) < 4.78 is 0. The van der Waals surface area contributed by atoms with Gasteiger partial charge in [-0.15, -0.1) is 0 Å². The molecule has 12 heavy (non-hydrogen) atoms. The summed E-state index contributed by atoms with van der Waals surface area (Å²) in [5.74, 6) is 2.24. The summed E-state index contributed by atoms with van der Waals surface area (Å²) in [4.78, 5) is 9.97. The van der Waals surface area contributed by atoms with Crippen LogP contribution in [0.2, 0.25) is 0 Å². The molecule has 0 spiro atoms. The van der Waals surface area contributed by atoms with Crippen molar-refractivity contribution in [2.75, 3.05) is 11.5 Å². The molecule has 0 fully saturated rings. The lowest BCUT2D eigenvalue weighted by atomic mass is 10.2. The van der Waals surface area contributed by atoms with Crippen LogP contribution in [0.25, 0.3) is 0 Å². The van der Waals surface area contributed by atoms with Crippen LogP contribution in [0.4, 0.5) is 0 Å². The molecule has 0 aromatic heterocycles. The fourth-order valence-electron chi connectivity index (χ4n) is 1.04. The normalized spacial score (nSPS) is 10.1. The Labute approximate surface area is 80.3 Å². The predicted molar refractivity (Wildman–Crippen MR) is 56.8 cm³/mol. The Morgan fingerprint density at radius 3 is 2.50 bits per heavy atom. The van der Waals surface area contributed by atoms with Crippen molar-refractivity contribution in [2.24, 2.45) is 0 Å². The van der Waals surface area contributed by atoms with Gasteiger partial charge < -0.3 is 4.79 Å². The highest BCUT2D eigenvalue weighted by Gasteiger charge is 1.90. The van der Waals surface area contributed by atoms with Crippen LogP contribution in [0.5, 0.6) is 0 Å². The first kappa shape index (κ1) is 12.0. The summed E-state index contributed by atoms with van der Waals surface area (Å²) in [5, 5.41) is 0. The van der Waals surface area contributed by atoms with Gasteiger partial charge in [0.2, 0.25) is 0 Å². The Balaban J connectivity index is 2.77. The number of rotatable bonds is 9. The molecular weight excluding hydrogens is 168 g/mol. The molecule has 0 atom stereocenters. The van der Waals surface area contributed by atoms with Crippen molar-refractivity contribution >= 4 is 18.0 Å². The van der Waals surface area contributed by atoms with Crippen LogP contribution < -0.4 is 0 Å². The highest BCUT2D eigenvalue weighted by atomic mass is 32.2. The molecular formula is C10H20OS. The van der Waals surface area contributed by atoms with Gasteiger partial charge in [0.15, 0.2) is 0 Å². The van der Waals surface area contributed by atoms with E-state index in [0.717, 1.165) is 18.5 Å². The first-order chi connectivity index (χ1) is 5.91. The topological polar surface area (TPSA) is 17.1 Å². The highest BCUT2D eigenvalue weighted by molar-refractivity contribution is 7.99. The van der Waals surface area contributed by atoms with E-state index < -0.39 is 0 Å². The van der Waals surface area contributed by atoms with Crippen LogP contribution in [-0.2, 0) is 4.79 Å². The van der Waals surface area contributed by atoms with Crippen LogP contribution in [0.1, 0.15) is 45.4 Å². The molecule has 0 heterocycles. The first-order valence-electron chi connectivity index (χ1n) is 4.93. The SMILES string of the molecule is CCCCCCCSCCC=O. The monoisotopic (exact) mass is 188 g/mol. The number of hydrogen-bond donors (Lipinski definition) is 0. The maximum absolute atomic E-state index is 9.97. The lowest BCUT2D eigenvalue weighted by Gasteiger charge is -1.98. The van der Waals surface area contributed by atoms with Gasteiger partial charge in [-0.25, -0.2) is 0 Å². The highest BCUT2D eigenvalue weighted by Crippen LogP contribution is 2.08. The van der Waals surface area contributed by atoms with Crippen molar-refractivity contribution in [1.29, 1.82) is 0 Å². The minimum Gasteiger partial charge on any atom is -0.303 e. The molecule has 0 aliphatic carbocycles. The van der Waals surface area contributed by atoms with Crippen molar-refractivity contribution in [2.45, 2.75) is 45.4 Å². The van der Waals surface area contributed by atoms with E-state index in [1.165, 1.54) is 37.9 Å². The van der Waals surface area contributed by atoms with Gasteiger partial charge in [0.25, 0.3) is 0 Å². The Bertz CT molecular complexity index is 93.8. The maximum Gasteiger partial charge on any atom is 0.120 e. The summed E-state index contributed by atoms with van der Waals surface area (Å²) in [6.45, 7) is 2.23. The molecule has 0 bridgehead atoms. The second kappa shape index (κ2) is 11.0. The summed E-state index contributed by atoms with van der Waals surface area (Å²) >= 11 is 1.90. The zero-order chi connectivity index (χ0) is 9.07. The van der Waals surface area contributed by atoms with E-state index in [1.54, 1.807) is 0 Å². The second-order valence-electron chi connectivity index (χ2n) is 2.98. The van der Waals surface area contributed by atoms with E-state index in [1.807, 2.05) is 11.8 Å². The molecule has 1 nitrogen and oxygen atoms in total. The fourth-order valence-corrected chi connectivity index (χ4v) is 1.92. The quantitative estimate of drug-likeness (QED) is 0.408. The number of hydrogen-bond acceptors (Lipinski definition) is 2. The Kier molecular flexibility index (Phi) is 11.0. The number of thioether (sulfide) groups is 1. The largest absolute Gasteiger partial charge is 0.303 e. The minimum absolute atomic E-state index is 0.722. The van der Waals surface area contributed by atoms with Gasteiger partial charge in [0, 0.05) is 6.42 Å². The number of carbonyl (C=O) groups is 1. The van der Waals surface area contributed by atoms with E-state index in [4.69, 9.17) is 0 Å². The third-order valence-corrected chi connectivity index (χ3v) is 2.87. The molecule has 0 amide bonds. The Morgan fingerprint density at radius 1 is 1.08 bits per heavy atom. The summed E-state index contributed by atoms with van der Waals surface area (Å²) in [6.07, 6.45) is 8.48. The van der Waals surface area contributed by atoms with Crippen molar-refractivity contribution < 1.29 is 4.79 Å². The molecule has 0 aromatic rings. The first-order valence-corrected chi connectivity index (χ1v) is 6.08. The van der Waals surface area contributed by atoms with Gasteiger partial charge in [-0.2, -0.15) is 11.8 Å². The van der Waals surface area contributed by atoms with Crippen molar-refractivity contribution in [3.05, 3.63) is 0 Å². The minimum atomic E-state index is 0.722. The predicted octanol–water partition coefficient (Wildman–Crippen LogP) is 3.28. The lowest BCUT2D eigenvalue weighted by molar-refractivity contribution is -0.107. The van der Waals surface area contributed by atoms with Gasteiger partial charge in [-0.3, -0.25) is 0 Å². The van der Waals surface area contributed by atoms with Crippen molar-refractivity contribution in [3.63, 3.8) is 0 Å². The van der Waals surface area contributed by atoms with Gasteiger partial charge in [-0.1, -0.05) is 32.6 Å². The smallest absolute Gasteiger partial charge is 0.120 e. The van der Waals surface area contributed by atoms with E-state index >= 15 is 0 Å². The van der Waals surface area contributed by atoms with Crippen LogP contribution in [0.15, 0.2) is 0 Å². The van der Waals surface area contributed by atoms with Crippen LogP contribution in [0.3, 0.4) is 0 Å². The molecule has 2 heteroatoms. The van der Waals surface area contributed by atoms with Crippen LogP contribution >= 0.6 is 11.8 Å². The summed E-state index contributed by atoms with van der Waals surface area (Å²) in [6, 6.07) is 0. The lowest BCUT2D eigenvalue weighted by Crippen LogP contribution is -1.85. The van der Waals surface area contributed by atoms with Gasteiger partial charge in [-0.05, 0) is 17.9 Å². The molecule has 0 aromatic carbocycles. The zero-order valence-corrected chi connectivity index (χ0v) is 8.87. The van der Waals surface area contributed by atoms with Crippen LogP contribution in [0, 0.1) is 0 Å². The molecule has 72 valence electrons. The second-order valence-corrected chi connectivity index (χ2v) is 4.21. The fraction of sp³-hybridized carbons (Fsp3) is 0.900. The average Bonchev–Trinajstić information content (AvgIpc) is 2.10. The molecule has 0 saturated heterocycles. The third kappa shape index (κ3) is 10.0. The summed E-state index contributed by atoms with van der Waals surface area (Å²) in [5.41, 5.74) is 0. The van der Waals surface area contributed by atoms with Gasteiger partial charge >= 0.3 is 0 Å². The van der Waals surface area contributed by atoms with Gasteiger partial charge in [0.1, 0.15) is 6.29 Å². The van der Waals surface area contributed by atoms with E-state index in [2.05, 4.69) is 6.92 Å². The Hall–Kier alpha value is 0.0200. The Morgan fingerprint density at radius 2 is 1.83 bits per heavy atom. The number of unbranched alkanes of at least 4 members (excludes halogenated alkanes) is 4. The molecule has 0 aliphatic rings.